The van der Waals surface area contributed by atoms with Crippen LogP contribution in [0.1, 0.15) is 19.8 Å². The fourth-order valence-electron chi connectivity index (χ4n) is 2.27. The Hall–Kier alpha value is -0.870. The largest absolute Gasteiger partial charge is 0.495 e. The van der Waals surface area contributed by atoms with Crippen LogP contribution in [0.4, 0.5) is 5.69 Å². The SMILES string of the molecule is COc1cc(SC)ccc1N[C@@H]1CCO[C@@H](C)C1. The van der Waals surface area contributed by atoms with Gasteiger partial charge in [-0.25, -0.2) is 0 Å². The topological polar surface area (TPSA) is 30.5 Å². The molecular formula is C14H21NO2S. The van der Waals surface area contributed by atoms with Crippen molar-refractivity contribution in [1.29, 1.82) is 0 Å². The van der Waals surface area contributed by atoms with Crippen LogP contribution in [-0.4, -0.2) is 32.1 Å². The van der Waals surface area contributed by atoms with Gasteiger partial charge in [0.15, 0.2) is 0 Å². The number of anilines is 1. The second-order valence-corrected chi connectivity index (χ2v) is 5.49. The van der Waals surface area contributed by atoms with Gasteiger partial charge in [0, 0.05) is 17.5 Å². The molecule has 1 saturated heterocycles. The monoisotopic (exact) mass is 267 g/mol. The van der Waals surface area contributed by atoms with Gasteiger partial charge in [-0.2, -0.15) is 0 Å². The summed E-state index contributed by atoms with van der Waals surface area (Å²) in [5.74, 6) is 0.918. The predicted octanol–water partition coefficient (Wildman–Crippen LogP) is 3.40. The minimum absolute atomic E-state index is 0.340. The third kappa shape index (κ3) is 3.33. The summed E-state index contributed by atoms with van der Waals surface area (Å²) in [6.45, 7) is 2.96. The van der Waals surface area contributed by atoms with Crippen molar-refractivity contribution in [3.63, 3.8) is 0 Å². The molecule has 1 aromatic rings. The molecule has 1 N–H and O–H groups in total. The molecule has 100 valence electrons. The van der Waals surface area contributed by atoms with Gasteiger partial charge in [0.2, 0.25) is 0 Å². The first kappa shape index (κ1) is 13.6. The quantitative estimate of drug-likeness (QED) is 0.847. The second kappa shape index (κ2) is 6.34. The molecule has 1 fully saturated rings. The normalized spacial score (nSPS) is 23.7. The molecular weight excluding hydrogens is 246 g/mol. The first-order chi connectivity index (χ1) is 8.72. The highest BCUT2D eigenvalue weighted by Crippen LogP contribution is 2.31. The van der Waals surface area contributed by atoms with E-state index >= 15 is 0 Å². The van der Waals surface area contributed by atoms with Crippen LogP contribution in [0, 0.1) is 0 Å². The van der Waals surface area contributed by atoms with Crippen molar-refractivity contribution in [3.05, 3.63) is 18.2 Å². The lowest BCUT2D eigenvalue weighted by Gasteiger charge is -2.29. The Bertz CT molecular complexity index is 397. The lowest BCUT2D eigenvalue weighted by molar-refractivity contribution is 0.0232. The molecule has 0 aliphatic carbocycles. The summed E-state index contributed by atoms with van der Waals surface area (Å²) < 4.78 is 11.0. The summed E-state index contributed by atoms with van der Waals surface area (Å²) in [5, 5.41) is 3.57. The van der Waals surface area contributed by atoms with Crippen molar-refractivity contribution in [2.75, 3.05) is 25.3 Å². The standard InChI is InChI=1S/C14H21NO2S/c1-10-8-11(6-7-17-10)15-13-5-4-12(18-3)9-14(13)16-2/h4-5,9-11,15H,6-8H2,1-3H3/t10-,11+/m0/s1. The predicted molar refractivity (Wildman–Crippen MR) is 76.8 cm³/mol. The molecule has 0 saturated carbocycles. The van der Waals surface area contributed by atoms with Gasteiger partial charge in [-0.3, -0.25) is 0 Å². The zero-order valence-corrected chi connectivity index (χ0v) is 12.0. The van der Waals surface area contributed by atoms with E-state index in [0.29, 0.717) is 12.1 Å². The summed E-state index contributed by atoms with van der Waals surface area (Å²) in [7, 11) is 1.72. The van der Waals surface area contributed by atoms with Crippen molar-refractivity contribution in [3.8, 4) is 5.75 Å². The molecule has 1 aromatic carbocycles. The van der Waals surface area contributed by atoms with Crippen molar-refractivity contribution in [2.24, 2.45) is 0 Å². The molecule has 2 rings (SSSR count). The molecule has 0 radical (unpaired) electrons. The number of ether oxygens (including phenoxy) is 2. The van der Waals surface area contributed by atoms with E-state index in [1.54, 1.807) is 18.9 Å². The molecule has 3 nitrogen and oxygen atoms in total. The van der Waals surface area contributed by atoms with Crippen molar-refractivity contribution in [1.82, 2.24) is 0 Å². The van der Waals surface area contributed by atoms with E-state index in [4.69, 9.17) is 9.47 Å². The van der Waals surface area contributed by atoms with Crippen LogP contribution in [0.15, 0.2) is 23.1 Å². The van der Waals surface area contributed by atoms with E-state index in [1.807, 2.05) is 0 Å². The highest BCUT2D eigenvalue weighted by molar-refractivity contribution is 7.98. The van der Waals surface area contributed by atoms with E-state index in [2.05, 4.69) is 36.7 Å². The van der Waals surface area contributed by atoms with Crippen LogP contribution in [0.2, 0.25) is 0 Å². The Kier molecular flexibility index (Phi) is 4.78. The molecule has 0 spiro atoms. The summed E-state index contributed by atoms with van der Waals surface area (Å²) in [6, 6.07) is 6.78. The number of nitrogens with one attached hydrogen (secondary N) is 1. The number of methoxy groups -OCH3 is 1. The summed E-state index contributed by atoms with van der Waals surface area (Å²) >= 11 is 1.73. The van der Waals surface area contributed by atoms with Crippen LogP contribution in [0.3, 0.4) is 0 Å². The number of hydrogen-bond donors (Lipinski definition) is 1. The minimum Gasteiger partial charge on any atom is -0.495 e. The van der Waals surface area contributed by atoms with E-state index in [1.165, 1.54) is 4.90 Å². The van der Waals surface area contributed by atoms with Crippen molar-refractivity contribution in [2.45, 2.75) is 36.8 Å². The van der Waals surface area contributed by atoms with Gasteiger partial charge in [0.1, 0.15) is 5.75 Å². The van der Waals surface area contributed by atoms with Gasteiger partial charge in [-0.1, -0.05) is 0 Å². The Morgan fingerprint density at radius 2 is 2.28 bits per heavy atom. The maximum Gasteiger partial charge on any atom is 0.143 e. The summed E-state index contributed by atoms with van der Waals surface area (Å²) in [5.41, 5.74) is 1.08. The number of rotatable bonds is 4. The maximum atomic E-state index is 5.56. The highest BCUT2D eigenvalue weighted by Gasteiger charge is 2.20. The second-order valence-electron chi connectivity index (χ2n) is 4.61. The van der Waals surface area contributed by atoms with Crippen LogP contribution in [0.25, 0.3) is 0 Å². The zero-order chi connectivity index (χ0) is 13.0. The molecule has 18 heavy (non-hydrogen) atoms. The molecule has 4 heteroatoms. The Balaban J connectivity index is 2.08. The third-order valence-corrected chi connectivity index (χ3v) is 3.98. The van der Waals surface area contributed by atoms with Gasteiger partial charge in [-0.15, -0.1) is 11.8 Å². The fourth-order valence-corrected chi connectivity index (χ4v) is 2.70. The summed E-state index contributed by atoms with van der Waals surface area (Å²) in [6.07, 6.45) is 4.51. The molecule has 0 aromatic heterocycles. The molecule has 0 bridgehead atoms. The number of thioether (sulfide) groups is 1. The van der Waals surface area contributed by atoms with Crippen molar-refractivity contribution < 1.29 is 9.47 Å². The van der Waals surface area contributed by atoms with E-state index in [0.717, 1.165) is 30.9 Å². The van der Waals surface area contributed by atoms with E-state index in [-0.39, 0.29) is 0 Å². The fraction of sp³-hybridized carbons (Fsp3) is 0.571. The molecule has 0 amide bonds. The smallest absolute Gasteiger partial charge is 0.143 e. The van der Waals surface area contributed by atoms with Crippen LogP contribution < -0.4 is 10.1 Å². The Morgan fingerprint density at radius 1 is 1.44 bits per heavy atom. The van der Waals surface area contributed by atoms with Crippen molar-refractivity contribution >= 4 is 17.4 Å². The molecule has 1 aliphatic rings. The van der Waals surface area contributed by atoms with Crippen LogP contribution >= 0.6 is 11.8 Å². The minimum atomic E-state index is 0.340. The third-order valence-electron chi connectivity index (χ3n) is 3.25. The molecule has 1 aliphatic heterocycles. The molecule has 1 heterocycles. The van der Waals surface area contributed by atoms with Gasteiger partial charge in [-0.05, 0) is 44.2 Å². The van der Waals surface area contributed by atoms with Crippen LogP contribution in [-0.2, 0) is 4.74 Å². The first-order valence-corrected chi connectivity index (χ1v) is 7.55. The number of benzene rings is 1. The molecule has 2 atom stereocenters. The Labute approximate surface area is 113 Å². The van der Waals surface area contributed by atoms with Gasteiger partial charge < -0.3 is 14.8 Å². The lowest BCUT2D eigenvalue weighted by atomic mass is 10.0. The average Bonchev–Trinajstić information content (AvgIpc) is 2.39. The summed E-state index contributed by atoms with van der Waals surface area (Å²) in [4.78, 5) is 1.22. The maximum absolute atomic E-state index is 5.56. The van der Waals surface area contributed by atoms with Gasteiger partial charge in [0.25, 0.3) is 0 Å². The lowest BCUT2D eigenvalue weighted by Crippen LogP contribution is -2.32. The van der Waals surface area contributed by atoms with Gasteiger partial charge in [0.05, 0.1) is 18.9 Å². The van der Waals surface area contributed by atoms with E-state index < -0.39 is 0 Å². The van der Waals surface area contributed by atoms with Gasteiger partial charge >= 0.3 is 0 Å². The van der Waals surface area contributed by atoms with E-state index in [9.17, 15) is 0 Å². The average molecular weight is 267 g/mol. The van der Waals surface area contributed by atoms with Crippen LogP contribution in [0.5, 0.6) is 5.75 Å². The zero-order valence-electron chi connectivity index (χ0n) is 11.2. The highest BCUT2D eigenvalue weighted by atomic mass is 32.2. The number of hydrogen-bond acceptors (Lipinski definition) is 4. The molecule has 0 unspecified atom stereocenters. The first-order valence-electron chi connectivity index (χ1n) is 6.33. The Morgan fingerprint density at radius 3 is 2.94 bits per heavy atom.